The van der Waals surface area contributed by atoms with Gasteiger partial charge in [0.25, 0.3) is 11.7 Å². The quantitative estimate of drug-likeness (QED) is 0.380. The maximum Gasteiger partial charge on any atom is 0.453 e. The summed E-state index contributed by atoms with van der Waals surface area (Å²) in [7, 11) is 0. The molecule has 0 saturated carbocycles. The molecular formula is C21H16ClF4N7O. The van der Waals surface area contributed by atoms with Crippen molar-refractivity contribution in [1.82, 2.24) is 24.5 Å². The molecule has 2 aromatic heterocycles. The number of hydrogen-bond acceptors (Lipinski definition) is 5. The highest BCUT2D eigenvalue weighted by molar-refractivity contribution is 6.32. The summed E-state index contributed by atoms with van der Waals surface area (Å²) in [6.45, 7) is 1.67. The molecule has 0 aliphatic carbocycles. The van der Waals surface area contributed by atoms with Gasteiger partial charge in [-0.25, -0.2) is 18.7 Å². The number of anilines is 2. The van der Waals surface area contributed by atoms with Gasteiger partial charge in [-0.05, 0) is 36.4 Å². The third-order valence-electron chi connectivity index (χ3n) is 4.75. The van der Waals surface area contributed by atoms with Crippen molar-refractivity contribution >= 4 is 28.9 Å². The highest BCUT2D eigenvalue weighted by atomic mass is 35.5. The lowest BCUT2D eigenvalue weighted by atomic mass is 10.2. The van der Waals surface area contributed by atoms with Crippen LogP contribution in [0.2, 0.25) is 5.02 Å². The van der Waals surface area contributed by atoms with E-state index in [0.29, 0.717) is 11.4 Å². The summed E-state index contributed by atoms with van der Waals surface area (Å²) in [6.07, 6.45) is -3.08. The molecule has 4 aromatic rings. The van der Waals surface area contributed by atoms with Crippen LogP contribution < -0.4 is 11.1 Å². The molecular weight excluding hydrogens is 478 g/mol. The van der Waals surface area contributed by atoms with Crippen molar-refractivity contribution in [3.05, 3.63) is 76.8 Å². The number of aromatic nitrogens is 5. The molecule has 0 fully saturated rings. The van der Waals surface area contributed by atoms with E-state index in [2.05, 4.69) is 20.5 Å². The maximum absolute atomic E-state index is 14.3. The first-order valence-electron chi connectivity index (χ1n) is 9.83. The van der Waals surface area contributed by atoms with E-state index >= 15 is 0 Å². The van der Waals surface area contributed by atoms with Gasteiger partial charge in [-0.3, -0.25) is 4.79 Å². The lowest BCUT2D eigenvalue weighted by Gasteiger charge is -2.08. The number of nitrogens with one attached hydrogen (secondary N) is 1. The number of primary amides is 1. The normalized spacial score (nSPS) is 11.6. The number of alkyl halides is 3. The van der Waals surface area contributed by atoms with Crippen LogP contribution in [-0.2, 0) is 12.6 Å². The van der Waals surface area contributed by atoms with Crippen LogP contribution in [0.5, 0.6) is 0 Å². The lowest BCUT2D eigenvalue weighted by molar-refractivity contribution is -0.144. The van der Waals surface area contributed by atoms with Crippen molar-refractivity contribution in [3.63, 3.8) is 0 Å². The largest absolute Gasteiger partial charge is 0.453 e. The lowest BCUT2D eigenvalue weighted by Crippen LogP contribution is -2.14. The predicted molar refractivity (Wildman–Crippen MR) is 116 cm³/mol. The van der Waals surface area contributed by atoms with Crippen LogP contribution in [0.3, 0.4) is 0 Å². The number of benzene rings is 2. The van der Waals surface area contributed by atoms with Gasteiger partial charge in [-0.15, -0.1) is 5.10 Å². The first-order valence-corrected chi connectivity index (χ1v) is 10.2. The third kappa shape index (κ3) is 4.44. The number of nitrogens with zero attached hydrogens (tertiary/aromatic N) is 5. The molecule has 0 unspecified atom stereocenters. The average molecular weight is 494 g/mol. The number of carbonyl (C=O) groups is 1. The summed E-state index contributed by atoms with van der Waals surface area (Å²) in [4.78, 5) is 15.4. The predicted octanol–water partition coefficient (Wildman–Crippen LogP) is 4.67. The molecule has 176 valence electrons. The Morgan fingerprint density at radius 3 is 2.44 bits per heavy atom. The molecule has 0 bridgehead atoms. The van der Waals surface area contributed by atoms with Crippen LogP contribution in [0.15, 0.2) is 48.7 Å². The Hall–Kier alpha value is -3.93. The Bertz CT molecular complexity index is 1340. The Balaban J connectivity index is 1.65. The fourth-order valence-corrected chi connectivity index (χ4v) is 3.46. The van der Waals surface area contributed by atoms with Gasteiger partial charge < -0.3 is 11.1 Å². The summed E-state index contributed by atoms with van der Waals surface area (Å²) in [5.41, 5.74) is 6.18. The van der Waals surface area contributed by atoms with Crippen LogP contribution >= 0.6 is 11.6 Å². The molecule has 2 heterocycles. The standard InChI is InChI=1S/C21H16ClF4N7O/c1-2-16-29-20(21(24,25)26)31-33(16)12-8-6-11(7-9-12)28-15-10-32(30-17(15)19(27)34)18-13(22)4-3-5-14(18)23/h3-10,28H,2H2,1H3,(H2,27,34). The second-order valence-electron chi connectivity index (χ2n) is 7.06. The van der Waals surface area contributed by atoms with E-state index in [0.717, 1.165) is 9.36 Å². The van der Waals surface area contributed by atoms with Crippen molar-refractivity contribution in [2.45, 2.75) is 19.5 Å². The van der Waals surface area contributed by atoms with Gasteiger partial charge in [-0.2, -0.15) is 18.3 Å². The fraction of sp³-hybridized carbons (Fsp3) is 0.143. The summed E-state index contributed by atoms with van der Waals surface area (Å²) in [5.74, 6) is -2.59. The van der Waals surface area contributed by atoms with Crippen molar-refractivity contribution in [2.75, 3.05) is 5.32 Å². The van der Waals surface area contributed by atoms with E-state index in [-0.39, 0.29) is 34.3 Å². The van der Waals surface area contributed by atoms with E-state index in [1.54, 1.807) is 19.1 Å². The number of carbonyl (C=O) groups excluding carboxylic acids is 1. The number of halogens is 5. The molecule has 2 aromatic carbocycles. The topological polar surface area (TPSA) is 104 Å². The monoisotopic (exact) mass is 493 g/mol. The molecule has 0 aliphatic rings. The summed E-state index contributed by atoms with van der Waals surface area (Å²) in [5, 5.41) is 10.6. The molecule has 0 saturated heterocycles. The first kappa shape index (κ1) is 23.2. The van der Waals surface area contributed by atoms with Gasteiger partial charge in [0.15, 0.2) is 5.69 Å². The number of para-hydroxylation sites is 1. The number of aryl methyl sites for hydroxylation is 1. The summed E-state index contributed by atoms with van der Waals surface area (Å²) in [6, 6.07) is 10.3. The minimum absolute atomic E-state index is 0.0613. The highest BCUT2D eigenvalue weighted by Crippen LogP contribution is 2.29. The minimum Gasteiger partial charge on any atom is -0.364 e. The zero-order valence-corrected chi connectivity index (χ0v) is 18.2. The number of amides is 1. The first-order chi connectivity index (χ1) is 16.1. The molecule has 0 aliphatic heterocycles. The Kier molecular flexibility index (Phi) is 6.00. The number of hydrogen-bond donors (Lipinski definition) is 2. The number of rotatable bonds is 6. The van der Waals surface area contributed by atoms with Gasteiger partial charge in [0.1, 0.15) is 17.3 Å². The zero-order valence-electron chi connectivity index (χ0n) is 17.4. The van der Waals surface area contributed by atoms with Gasteiger partial charge >= 0.3 is 6.18 Å². The van der Waals surface area contributed by atoms with Crippen LogP contribution in [-0.4, -0.2) is 30.5 Å². The van der Waals surface area contributed by atoms with Crippen LogP contribution in [0.4, 0.5) is 28.9 Å². The average Bonchev–Trinajstić information content (AvgIpc) is 3.39. The summed E-state index contributed by atoms with van der Waals surface area (Å²) >= 11 is 6.07. The number of nitrogens with two attached hydrogens (primary N) is 1. The Morgan fingerprint density at radius 2 is 1.85 bits per heavy atom. The molecule has 34 heavy (non-hydrogen) atoms. The smallest absolute Gasteiger partial charge is 0.364 e. The molecule has 3 N–H and O–H groups in total. The van der Waals surface area contributed by atoms with E-state index in [1.807, 2.05) is 0 Å². The van der Waals surface area contributed by atoms with Gasteiger partial charge in [-0.1, -0.05) is 24.6 Å². The molecule has 0 atom stereocenters. The van der Waals surface area contributed by atoms with E-state index < -0.39 is 23.7 Å². The minimum atomic E-state index is -4.66. The van der Waals surface area contributed by atoms with Crippen molar-refractivity contribution in [2.24, 2.45) is 5.73 Å². The van der Waals surface area contributed by atoms with Crippen molar-refractivity contribution in [1.29, 1.82) is 0 Å². The molecule has 4 rings (SSSR count). The maximum atomic E-state index is 14.3. The van der Waals surface area contributed by atoms with Gasteiger partial charge in [0, 0.05) is 12.1 Å². The molecule has 0 spiro atoms. The van der Waals surface area contributed by atoms with Crippen LogP contribution in [0.25, 0.3) is 11.4 Å². The molecule has 1 amide bonds. The van der Waals surface area contributed by atoms with Crippen molar-refractivity contribution < 1.29 is 22.4 Å². The van der Waals surface area contributed by atoms with E-state index in [4.69, 9.17) is 17.3 Å². The molecule has 13 heteroatoms. The molecule has 0 radical (unpaired) electrons. The highest BCUT2D eigenvalue weighted by Gasteiger charge is 2.37. The van der Waals surface area contributed by atoms with E-state index in [1.165, 1.54) is 36.5 Å². The van der Waals surface area contributed by atoms with Crippen LogP contribution in [0.1, 0.15) is 29.1 Å². The Labute approximate surface area is 195 Å². The Morgan fingerprint density at radius 1 is 1.15 bits per heavy atom. The third-order valence-corrected chi connectivity index (χ3v) is 5.05. The van der Waals surface area contributed by atoms with E-state index in [9.17, 15) is 22.4 Å². The van der Waals surface area contributed by atoms with Gasteiger partial charge in [0.2, 0.25) is 0 Å². The van der Waals surface area contributed by atoms with Crippen molar-refractivity contribution in [3.8, 4) is 11.4 Å². The SMILES string of the molecule is CCc1nc(C(F)(F)F)nn1-c1ccc(Nc2cn(-c3c(F)cccc3Cl)nc2C(N)=O)cc1. The second-order valence-corrected chi connectivity index (χ2v) is 7.46. The summed E-state index contributed by atoms with van der Waals surface area (Å²) < 4.78 is 55.5. The second kappa shape index (κ2) is 8.78. The molecule has 8 nitrogen and oxygen atoms in total. The van der Waals surface area contributed by atoms with Crippen LogP contribution in [0, 0.1) is 5.82 Å². The zero-order chi connectivity index (χ0) is 24.6. The van der Waals surface area contributed by atoms with Gasteiger partial charge in [0.05, 0.1) is 22.6 Å². The fourth-order valence-electron chi connectivity index (χ4n) is 3.21.